The van der Waals surface area contributed by atoms with E-state index >= 15 is 0 Å². The summed E-state index contributed by atoms with van der Waals surface area (Å²) >= 11 is 9.86. The molecule has 3 amide bonds. The van der Waals surface area contributed by atoms with Gasteiger partial charge in [0.2, 0.25) is 5.91 Å². The summed E-state index contributed by atoms with van der Waals surface area (Å²) < 4.78 is 1.15. The molecule has 0 unspecified atom stereocenters. The summed E-state index contributed by atoms with van der Waals surface area (Å²) in [6.07, 6.45) is 0. The molecular weight excluding hydrogens is 448 g/mol. The second-order valence-corrected chi connectivity index (χ2v) is 8.43. The normalized spacial score (nSPS) is 19.1. The number of nitrogens with zero attached hydrogens (tertiary/aromatic N) is 2. The van der Waals surface area contributed by atoms with Gasteiger partial charge in [-0.1, -0.05) is 64.2 Å². The van der Waals surface area contributed by atoms with E-state index in [9.17, 15) is 14.4 Å². The zero-order chi connectivity index (χ0) is 19.3. The number of benzene rings is 2. The van der Waals surface area contributed by atoms with Crippen molar-refractivity contribution in [3.63, 3.8) is 0 Å². The lowest BCUT2D eigenvalue weighted by molar-refractivity contribution is -0.122. The molecule has 0 N–H and O–H groups in total. The lowest BCUT2D eigenvalue weighted by Crippen LogP contribution is -2.32. The van der Waals surface area contributed by atoms with E-state index in [-0.39, 0.29) is 16.4 Å². The summed E-state index contributed by atoms with van der Waals surface area (Å²) in [6.45, 7) is 1.32. The SMILES string of the molecule is CC(=O)N1C(=O)/C(=C2\SC(=S)N(c3cccc(Br)c3)C2=O)c2ccccc21. The average molecular weight is 459 g/mol. The lowest BCUT2D eigenvalue weighted by atomic mass is 10.1. The van der Waals surface area contributed by atoms with Crippen LogP contribution >= 0.6 is 39.9 Å². The van der Waals surface area contributed by atoms with Gasteiger partial charge < -0.3 is 0 Å². The molecule has 5 nitrogen and oxygen atoms in total. The summed E-state index contributed by atoms with van der Waals surface area (Å²) in [7, 11) is 0. The van der Waals surface area contributed by atoms with Crippen LogP contribution in [-0.2, 0) is 14.4 Å². The summed E-state index contributed by atoms with van der Waals surface area (Å²) in [5.74, 6) is -1.27. The molecule has 0 atom stereocenters. The minimum Gasteiger partial charge on any atom is -0.274 e. The molecule has 2 aliphatic rings. The van der Waals surface area contributed by atoms with Crippen LogP contribution in [0.25, 0.3) is 5.57 Å². The van der Waals surface area contributed by atoms with Crippen LogP contribution in [0.4, 0.5) is 11.4 Å². The highest BCUT2D eigenvalue weighted by Gasteiger charge is 2.43. The predicted molar refractivity (Wildman–Crippen MR) is 113 cm³/mol. The Balaban J connectivity index is 1.87. The number of fused-ring (bicyclic) bond motifs is 1. The van der Waals surface area contributed by atoms with E-state index in [1.807, 2.05) is 6.07 Å². The van der Waals surface area contributed by atoms with Crippen LogP contribution in [0.1, 0.15) is 12.5 Å². The molecule has 2 aromatic carbocycles. The largest absolute Gasteiger partial charge is 0.274 e. The number of anilines is 2. The van der Waals surface area contributed by atoms with Crippen LogP contribution in [0.2, 0.25) is 0 Å². The third kappa shape index (κ3) is 2.84. The molecule has 4 rings (SSSR count). The van der Waals surface area contributed by atoms with E-state index < -0.39 is 11.8 Å². The Bertz CT molecular complexity index is 1080. The zero-order valence-electron chi connectivity index (χ0n) is 13.9. The molecule has 2 heterocycles. The number of thioether (sulfide) groups is 1. The molecule has 134 valence electrons. The summed E-state index contributed by atoms with van der Waals surface area (Å²) in [5, 5.41) is 0. The number of rotatable bonds is 1. The topological polar surface area (TPSA) is 57.7 Å². The quantitative estimate of drug-likeness (QED) is 0.475. The first-order valence-corrected chi connectivity index (χ1v) is 9.92. The molecule has 8 heteroatoms. The fourth-order valence-corrected chi connectivity index (χ4v) is 4.86. The summed E-state index contributed by atoms with van der Waals surface area (Å²) in [4.78, 5) is 40.8. The van der Waals surface area contributed by atoms with Gasteiger partial charge in [0.05, 0.1) is 21.9 Å². The number of para-hydroxylation sites is 1. The van der Waals surface area contributed by atoms with Crippen LogP contribution < -0.4 is 9.80 Å². The second-order valence-electron chi connectivity index (χ2n) is 5.87. The highest BCUT2D eigenvalue weighted by Crippen LogP contribution is 2.45. The van der Waals surface area contributed by atoms with Gasteiger partial charge in [-0.3, -0.25) is 19.3 Å². The van der Waals surface area contributed by atoms with Crippen LogP contribution in [0.5, 0.6) is 0 Å². The summed E-state index contributed by atoms with van der Waals surface area (Å²) in [5.41, 5.74) is 1.88. The van der Waals surface area contributed by atoms with Gasteiger partial charge in [0.1, 0.15) is 0 Å². The van der Waals surface area contributed by atoms with E-state index in [1.165, 1.54) is 11.8 Å². The molecule has 1 fully saturated rings. The fourth-order valence-electron chi connectivity index (χ4n) is 3.11. The van der Waals surface area contributed by atoms with Crippen molar-refractivity contribution in [2.75, 3.05) is 9.80 Å². The molecular formula is C19H11BrN2O3S2. The minimum absolute atomic E-state index is 0.218. The second kappa shape index (κ2) is 6.70. The Kier molecular flexibility index (Phi) is 4.49. The number of amides is 3. The van der Waals surface area contributed by atoms with Crippen molar-refractivity contribution in [3.05, 3.63) is 63.5 Å². The van der Waals surface area contributed by atoms with Crippen molar-refractivity contribution in [1.29, 1.82) is 0 Å². The van der Waals surface area contributed by atoms with Gasteiger partial charge in [0, 0.05) is 17.0 Å². The Morgan fingerprint density at radius 1 is 1.07 bits per heavy atom. The lowest BCUT2D eigenvalue weighted by Gasteiger charge is -2.14. The maximum absolute atomic E-state index is 13.1. The molecule has 0 spiro atoms. The van der Waals surface area contributed by atoms with E-state index in [0.29, 0.717) is 21.3 Å². The number of carbonyl (C=O) groups is 3. The third-order valence-corrected chi connectivity index (χ3v) is 6.07. The standard InChI is InChI=1S/C19H11BrN2O3S2/c1-10(23)21-14-8-3-2-7-13(14)15(17(21)24)16-18(25)22(19(26)27-16)12-6-4-5-11(20)9-12/h2-9H,1H3/b16-15-. The number of imide groups is 1. The highest BCUT2D eigenvalue weighted by atomic mass is 79.9. The van der Waals surface area contributed by atoms with Crippen molar-refractivity contribution < 1.29 is 14.4 Å². The molecule has 0 bridgehead atoms. The maximum atomic E-state index is 13.1. The van der Waals surface area contributed by atoms with Crippen LogP contribution in [0, 0.1) is 0 Å². The first-order valence-electron chi connectivity index (χ1n) is 7.90. The minimum atomic E-state index is -0.501. The number of thiocarbonyl (C=S) groups is 1. The Morgan fingerprint density at radius 3 is 2.52 bits per heavy atom. The number of hydrogen-bond acceptors (Lipinski definition) is 5. The third-order valence-electron chi connectivity index (χ3n) is 4.21. The highest BCUT2D eigenvalue weighted by molar-refractivity contribution is 9.10. The monoisotopic (exact) mass is 458 g/mol. The van der Waals surface area contributed by atoms with E-state index in [4.69, 9.17) is 12.2 Å². The molecule has 0 aromatic heterocycles. The van der Waals surface area contributed by atoms with Gasteiger partial charge in [-0.2, -0.15) is 0 Å². The number of carbonyl (C=O) groups excluding carboxylic acids is 3. The van der Waals surface area contributed by atoms with E-state index in [0.717, 1.165) is 21.1 Å². The molecule has 0 radical (unpaired) electrons. The van der Waals surface area contributed by atoms with Gasteiger partial charge in [-0.25, -0.2) is 4.90 Å². The Hall–Kier alpha value is -2.29. The van der Waals surface area contributed by atoms with Crippen molar-refractivity contribution in [2.45, 2.75) is 6.92 Å². The number of halogens is 1. The van der Waals surface area contributed by atoms with Gasteiger partial charge in [-0.15, -0.1) is 0 Å². The maximum Gasteiger partial charge on any atom is 0.271 e. The Labute approximate surface area is 173 Å². The van der Waals surface area contributed by atoms with E-state index in [2.05, 4.69) is 15.9 Å². The fraction of sp³-hybridized carbons (Fsp3) is 0.0526. The number of hydrogen-bond donors (Lipinski definition) is 0. The first-order chi connectivity index (χ1) is 12.9. The van der Waals surface area contributed by atoms with Crippen molar-refractivity contribution in [1.82, 2.24) is 0 Å². The van der Waals surface area contributed by atoms with Crippen molar-refractivity contribution >= 4 is 78.9 Å². The molecule has 2 aromatic rings. The zero-order valence-corrected chi connectivity index (χ0v) is 17.2. The van der Waals surface area contributed by atoms with Gasteiger partial charge in [-0.05, 0) is 24.3 Å². The van der Waals surface area contributed by atoms with Gasteiger partial charge >= 0.3 is 0 Å². The van der Waals surface area contributed by atoms with Crippen molar-refractivity contribution in [2.24, 2.45) is 0 Å². The molecule has 1 saturated heterocycles. The van der Waals surface area contributed by atoms with Crippen LogP contribution in [0.3, 0.4) is 0 Å². The first kappa shape index (κ1) is 18.1. The molecule has 2 aliphatic heterocycles. The predicted octanol–water partition coefficient (Wildman–Crippen LogP) is 4.12. The Morgan fingerprint density at radius 2 is 1.81 bits per heavy atom. The smallest absolute Gasteiger partial charge is 0.271 e. The molecule has 0 saturated carbocycles. The van der Waals surface area contributed by atoms with Crippen LogP contribution in [-0.4, -0.2) is 22.0 Å². The van der Waals surface area contributed by atoms with Gasteiger partial charge in [0.25, 0.3) is 11.8 Å². The average Bonchev–Trinajstić information content (AvgIpc) is 3.07. The molecule has 0 aliphatic carbocycles. The summed E-state index contributed by atoms with van der Waals surface area (Å²) in [6, 6.07) is 14.1. The van der Waals surface area contributed by atoms with Crippen LogP contribution in [0.15, 0.2) is 57.9 Å². The molecule has 27 heavy (non-hydrogen) atoms. The van der Waals surface area contributed by atoms with Crippen molar-refractivity contribution in [3.8, 4) is 0 Å². The van der Waals surface area contributed by atoms with Gasteiger partial charge in [0.15, 0.2) is 4.32 Å². The van der Waals surface area contributed by atoms with E-state index in [1.54, 1.807) is 42.5 Å².